The number of aliphatic hydroxyl groups is 1. The first kappa shape index (κ1) is 26.7. The monoisotopic (exact) mass is 561 g/mol. The van der Waals surface area contributed by atoms with Crippen LogP contribution in [0.1, 0.15) is 22.7 Å². The van der Waals surface area contributed by atoms with Gasteiger partial charge >= 0.3 is 0 Å². The number of hydrogen-bond donors (Lipinski definition) is 1. The zero-order valence-electron chi connectivity index (χ0n) is 20.3. The molecule has 3 aromatic rings. The lowest BCUT2D eigenvalue weighted by atomic mass is 9.92. The highest BCUT2D eigenvalue weighted by atomic mass is 35.5. The molecule has 0 spiro atoms. The van der Waals surface area contributed by atoms with Crippen LogP contribution in [0.15, 0.2) is 54.1 Å². The molecule has 0 aliphatic carbocycles. The van der Waals surface area contributed by atoms with Crippen molar-refractivity contribution in [2.45, 2.75) is 13.0 Å². The van der Waals surface area contributed by atoms with Gasteiger partial charge in [-0.3, -0.25) is 14.5 Å². The normalized spacial score (nSPS) is 16.7. The molecular formula is C27H22Cl3NO6. The second-order valence-corrected chi connectivity index (χ2v) is 9.32. The predicted molar refractivity (Wildman–Crippen MR) is 144 cm³/mol. The molecule has 1 aliphatic rings. The molecule has 192 valence electrons. The third-order valence-corrected chi connectivity index (χ3v) is 7.06. The number of aliphatic hydroxyl groups excluding tert-OH is 1. The van der Waals surface area contributed by atoms with Crippen molar-refractivity contribution in [1.29, 1.82) is 0 Å². The molecule has 1 amide bonds. The zero-order valence-corrected chi connectivity index (χ0v) is 22.5. The number of anilines is 1. The fourth-order valence-electron chi connectivity index (χ4n) is 4.38. The summed E-state index contributed by atoms with van der Waals surface area (Å²) in [6.07, 6.45) is 0. The zero-order chi connectivity index (χ0) is 27.0. The Hall–Kier alpha value is -3.39. The summed E-state index contributed by atoms with van der Waals surface area (Å²) in [5.41, 5.74) is 1.63. The number of Topliss-reactive ketones (excluding diaryl/α,β-unsaturated/α-hetero) is 1. The summed E-state index contributed by atoms with van der Waals surface area (Å²) < 4.78 is 15.9. The molecule has 0 radical (unpaired) electrons. The van der Waals surface area contributed by atoms with E-state index in [1.165, 1.54) is 38.4 Å². The van der Waals surface area contributed by atoms with E-state index in [4.69, 9.17) is 49.0 Å². The van der Waals surface area contributed by atoms with Crippen LogP contribution in [0.2, 0.25) is 15.1 Å². The number of carbonyl (C=O) groups excluding carboxylic acids is 2. The van der Waals surface area contributed by atoms with Crippen molar-refractivity contribution in [3.8, 4) is 17.2 Å². The standard InChI is InChI=1S/C27H22Cl3NO6/c1-13-7-5-6-8-15(13)22-20(23(32)16-12-18(29)26(37-4)21(30)25(16)36-3)24(33)27(34)31(22)14-9-10-19(35-2)17(28)11-14/h5-12,22,32H,1-4H3/b23-20+. The minimum Gasteiger partial charge on any atom is -0.507 e. The van der Waals surface area contributed by atoms with Gasteiger partial charge in [0.25, 0.3) is 11.7 Å². The fourth-order valence-corrected chi connectivity index (χ4v) is 5.32. The molecule has 1 saturated heterocycles. The molecule has 10 heteroatoms. The van der Waals surface area contributed by atoms with Crippen LogP contribution >= 0.6 is 34.8 Å². The first-order chi connectivity index (χ1) is 17.7. The van der Waals surface area contributed by atoms with E-state index in [1.54, 1.807) is 24.3 Å². The van der Waals surface area contributed by atoms with E-state index >= 15 is 0 Å². The number of nitrogens with zero attached hydrogens (tertiary/aromatic N) is 1. The van der Waals surface area contributed by atoms with Crippen LogP contribution in [0.25, 0.3) is 5.76 Å². The third-order valence-electron chi connectivity index (χ3n) is 6.14. The summed E-state index contributed by atoms with van der Waals surface area (Å²) in [6, 6.07) is 12.4. The molecule has 0 aromatic heterocycles. The average Bonchev–Trinajstić information content (AvgIpc) is 3.13. The van der Waals surface area contributed by atoms with Crippen LogP contribution < -0.4 is 19.1 Å². The smallest absolute Gasteiger partial charge is 0.300 e. The molecule has 1 aliphatic heterocycles. The van der Waals surface area contributed by atoms with E-state index < -0.39 is 23.5 Å². The number of carbonyl (C=O) groups is 2. The highest BCUT2D eigenvalue weighted by Gasteiger charge is 2.48. The molecular weight excluding hydrogens is 541 g/mol. The Morgan fingerprint density at radius 2 is 1.57 bits per heavy atom. The van der Waals surface area contributed by atoms with Gasteiger partial charge in [0.2, 0.25) is 0 Å². The Morgan fingerprint density at radius 1 is 0.892 bits per heavy atom. The van der Waals surface area contributed by atoms with Crippen LogP contribution in [-0.4, -0.2) is 38.1 Å². The average molecular weight is 563 g/mol. The number of ketones is 1. The molecule has 0 saturated carbocycles. The van der Waals surface area contributed by atoms with Gasteiger partial charge in [0.05, 0.1) is 48.6 Å². The van der Waals surface area contributed by atoms with Crippen molar-refractivity contribution < 1.29 is 28.9 Å². The number of aryl methyl sites for hydroxylation is 1. The van der Waals surface area contributed by atoms with Crippen molar-refractivity contribution in [2.24, 2.45) is 0 Å². The van der Waals surface area contributed by atoms with Crippen LogP contribution in [0, 0.1) is 6.92 Å². The van der Waals surface area contributed by atoms with Crippen LogP contribution in [-0.2, 0) is 9.59 Å². The van der Waals surface area contributed by atoms with E-state index in [0.717, 1.165) is 5.56 Å². The van der Waals surface area contributed by atoms with Crippen LogP contribution in [0.3, 0.4) is 0 Å². The van der Waals surface area contributed by atoms with Crippen molar-refractivity contribution in [1.82, 2.24) is 0 Å². The minimum absolute atomic E-state index is 0.00246. The first-order valence-corrected chi connectivity index (χ1v) is 12.1. The number of amides is 1. The van der Waals surface area contributed by atoms with E-state index in [9.17, 15) is 14.7 Å². The molecule has 1 heterocycles. The summed E-state index contributed by atoms with van der Waals surface area (Å²) in [7, 11) is 4.21. The van der Waals surface area contributed by atoms with Gasteiger partial charge in [-0.1, -0.05) is 59.1 Å². The summed E-state index contributed by atoms with van der Waals surface area (Å²) >= 11 is 19.1. The Labute approximate surface area is 228 Å². The van der Waals surface area contributed by atoms with Crippen molar-refractivity contribution >= 4 is 57.9 Å². The van der Waals surface area contributed by atoms with Gasteiger partial charge in [-0.15, -0.1) is 0 Å². The number of rotatable bonds is 6. The number of hydrogen-bond acceptors (Lipinski definition) is 6. The molecule has 7 nitrogen and oxygen atoms in total. The van der Waals surface area contributed by atoms with E-state index in [-0.39, 0.29) is 37.7 Å². The molecule has 0 bridgehead atoms. The summed E-state index contributed by atoms with van der Waals surface area (Å²) in [6.45, 7) is 1.85. The van der Waals surface area contributed by atoms with Crippen LogP contribution in [0.5, 0.6) is 17.2 Å². The molecule has 1 fully saturated rings. The van der Waals surface area contributed by atoms with Gasteiger partial charge in [0, 0.05) is 5.69 Å². The van der Waals surface area contributed by atoms with Gasteiger partial charge in [0.15, 0.2) is 11.5 Å². The first-order valence-electron chi connectivity index (χ1n) is 11.0. The minimum atomic E-state index is -0.991. The van der Waals surface area contributed by atoms with E-state index in [1.807, 2.05) is 19.1 Å². The Kier molecular flexibility index (Phi) is 7.59. The van der Waals surface area contributed by atoms with Gasteiger partial charge < -0.3 is 19.3 Å². The number of benzene rings is 3. The highest BCUT2D eigenvalue weighted by Crippen LogP contribution is 2.48. The number of ether oxygens (including phenoxy) is 3. The lowest BCUT2D eigenvalue weighted by Gasteiger charge is -2.27. The van der Waals surface area contributed by atoms with Crippen molar-refractivity contribution in [3.05, 3.63) is 85.9 Å². The lowest BCUT2D eigenvalue weighted by molar-refractivity contribution is -0.132. The third kappa shape index (κ3) is 4.48. The lowest BCUT2D eigenvalue weighted by Crippen LogP contribution is -2.29. The van der Waals surface area contributed by atoms with E-state index in [0.29, 0.717) is 17.0 Å². The Balaban J connectivity index is 2.03. The Morgan fingerprint density at radius 3 is 2.16 bits per heavy atom. The van der Waals surface area contributed by atoms with Gasteiger partial charge in [-0.2, -0.15) is 0 Å². The fraction of sp³-hybridized carbons (Fsp3) is 0.185. The van der Waals surface area contributed by atoms with Crippen molar-refractivity contribution in [2.75, 3.05) is 26.2 Å². The van der Waals surface area contributed by atoms with Gasteiger partial charge in [-0.05, 0) is 42.3 Å². The number of methoxy groups -OCH3 is 3. The molecule has 1 unspecified atom stereocenters. The van der Waals surface area contributed by atoms with Crippen molar-refractivity contribution in [3.63, 3.8) is 0 Å². The SMILES string of the molecule is COc1ccc(N2C(=O)C(=O)/C(=C(/O)c3cc(Cl)c(OC)c(Cl)c3OC)C2c2ccccc2C)cc1Cl. The largest absolute Gasteiger partial charge is 0.507 e. The summed E-state index contributed by atoms with van der Waals surface area (Å²) in [4.78, 5) is 28.2. The summed E-state index contributed by atoms with van der Waals surface area (Å²) in [5, 5.41) is 11.9. The molecule has 1 N–H and O–H groups in total. The second-order valence-electron chi connectivity index (χ2n) is 8.13. The maximum atomic E-state index is 13.5. The molecule has 4 rings (SSSR count). The topological polar surface area (TPSA) is 85.3 Å². The van der Waals surface area contributed by atoms with E-state index in [2.05, 4.69) is 0 Å². The molecule has 37 heavy (non-hydrogen) atoms. The quantitative estimate of drug-likeness (QED) is 0.207. The predicted octanol–water partition coefficient (Wildman–Crippen LogP) is 6.61. The number of halogens is 3. The highest BCUT2D eigenvalue weighted by molar-refractivity contribution is 6.52. The molecule has 1 atom stereocenters. The van der Waals surface area contributed by atoms with Gasteiger partial charge in [-0.25, -0.2) is 0 Å². The maximum Gasteiger partial charge on any atom is 0.300 e. The maximum absolute atomic E-state index is 13.5. The van der Waals surface area contributed by atoms with Gasteiger partial charge in [0.1, 0.15) is 16.5 Å². The Bertz CT molecular complexity index is 1450. The van der Waals surface area contributed by atoms with Crippen LogP contribution in [0.4, 0.5) is 5.69 Å². The molecule has 3 aromatic carbocycles. The summed E-state index contributed by atoms with van der Waals surface area (Å²) in [5.74, 6) is -1.68. The second kappa shape index (κ2) is 10.5.